The summed E-state index contributed by atoms with van der Waals surface area (Å²) in [6, 6.07) is 2.56. The number of alkyl halides is 3. The number of fused-ring (bicyclic) bond motifs is 1. The SMILES string of the molecule is CC(=O)Nc1ccc(C(F)(F)F)cc1NC(=O)CCc1nc2c([nH]1)c(=O)[nH]c(=O)n2C. The van der Waals surface area contributed by atoms with Gasteiger partial charge < -0.3 is 15.6 Å². The van der Waals surface area contributed by atoms with Gasteiger partial charge in [-0.2, -0.15) is 13.2 Å². The highest BCUT2D eigenvalue weighted by atomic mass is 19.4. The maximum absolute atomic E-state index is 13.0. The zero-order chi connectivity index (χ0) is 22.9. The summed E-state index contributed by atoms with van der Waals surface area (Å²) in [6.07, 6.45) is -4.81. The fourth-order valence-corrected chi connectivity index (χ4v) is 2.84. The number of anilines is 2. The van der Waals surface area contributed by atoms with Crippen LogP contribution in [0.4, 0.5) is 24.5 Å². The second kappa shape index (κ2) is 8.08. The molecule has 0 aliphatic heterocycles. The third kappa shape index (κ3) is 4.82. The van der Waals surface area contributed by atoms with Crippen LogP contribution < -0.4 is 21.9 Å². The first-order chi connectivity index (χ1) is 14.5. The zero-order valence-electron chi connectivity index (χ0n) is 16.3. The molecule has 4 N–H and O–H groups in total. The number of rotatable bonds is 5. The lowest BCUT2D eigenvalue weighted by molar-refractivity contribution is -0.137. The van der Waals surface area contributed by atoms with Crippen molar-refractivity contribution < 1.29 is 22.8 Å². The van der Waals surface area contributed by atoms with E-state index in [1.807, 2.05) is 0 Å². The van der Waals surface area contributed by atoms with Crippen molar-refractivity contribution in [3.63, 3.8) is 0 Å². The number of amides is 2. The van der Waals surface area contributed by atoms with E-state index in [9.17, 15) is 32.3 Å². The summed E-state index contributed by atoms with van der Waals surface area (Å²) in [7, 11) is 1.41. The normalized spacial score (nSPS) is 11.5. The molecule has 2 heterocycles. The van der Waals surface area contributed by atoms with Crippen LogP contribution in [0.2, 0.25) is 0 Å². The van der Waals surface area contributed by atoms with Crippen LogP contribution in [-0.2, 0) is 29.2 Å². The predicted octanol–water partition coefficient (Wildman–Crippen LogP) is 1.50. The number of aryl methyl sites for hydroxylation is 2. The number of benzene rings is 1. The lowest BCUT2D eigenvalue weighted by atomic mass is 10.1. The van der Waals surface area contributed by atoms with Gasteiger partial charge in [0.2, 0.25) is 11.8 Å². The van der Waals surface area contributed by atoms with Crippen molar-refractivity contribution in [1.29, 1.82) is 0 Å². The lowest BCUT2D eigenvalue weighted by Gasteiger charge is -2.14. The average Bonchev–Trinajstić information content (AvgIpc) is 3.10. The summed E-state index contributed by atoms with van der Waals surface area (Å²) >= 11 is 0. The molecular formula is C18H17F3N6O4. The Morgan fingerprint density at radius 1 is 1.13 bits per heavy atom. The molecule has 0 aliphatic rings. The third-order valence-corrected chi connectivity index (χ3v) is 4.32. The van der Waals surface area contributed by atoms with Gasteiger partial charge in [0, 0.05) is 26.8 Å². The van der Waals surface area contributed by atoms with Gasteiger partial charge in [-0.15, -0.1) is 0 Å². The zero-order valence-corrected chi connectivity index (χ0v) is 16.3. The number of aromatic amines is 2. The second-order valence-corrected chi connectivity index (χ2v) is 6.69. The van der Waals surface area contributed by atoms with E-state index in [0.717, 1.165) is 22.8 Å². The average molecular weight is 438 g/mol. The van der Waals surface area contributed by atoms with E-state index in [1.54, 1.807) is 0 Å². The molecular weight excluding hydrogens is 421 g/mol. The van der Waals surface area contributed by atoms with E-state index in [1.165, 1.54) is 14.0 Å². The van der Waals surface area contributed by atoms with Crippen molar-refractivity contribution in [3.8, 4) is 0 Å². The minimum atomic E-state index is -4.63. The molecule has 13 heteroatoms. The van der Waals surface area contributed by atoms with E-state index < -0.39 is 34.8 Å². The monoisotopic (exact) mass is 438 g/mol. The molecule has 0 saturated heterocycles. The van der Waals surface area contributed by atoms with Crippen molar-refractivity contribution in [3.05, 3.63) is 50.4 Å². The van der Waals surface area contributed by atoms with Gasteiger partial charge in [0.25, 0.3) is 5.56 Å². The van der Waals surface area contributed by atoms with E-state index in [4.69, 9.17) is 0 Å². The summed E-state index contributed by atoms with van der Waals surface area (Å²) in [6.45, 7) is 1.18. The molecule has 0 aliphatic carbocycles. The number of hydrogen-bond acceptors (Lipinski definition) is 5. The van der Waals surface area contributed by atoms with Crippen molar-refractivity contribution in [2.75, 3.05) is 10.6 Å². The number of imidazole rings is 1. The van der Waals surface area contributed by atoms with Crippen molar-refractivity contribution in [1.82, 2.24) is 19.5 Å². The minimum absolute atomic E-state index is 0.0131. The van der Waals surface area contributed by atoms with Gasteiger partial charge in [0.1, 0.15) is 11.3 Å². The number of nitrogens with zero attached hydrogens (tertiary/aromatic N) is 2. The van der Waals surface area contributed by atoms with Crippen molar-refractivity contribution >= 4 is 34.4 Å². The number of H-pyrrole nitrogens is 2. The van der Waals surface area contributed by atoms with E-state index in [0.29, 0.717) is 0 Å². The highest BCUT2D eigenvalue weighted by molar-refractivity contribution is 5.99. The van der Waals surface area contributed by atoms with Crippen LogP contribution in [0.5, 0.6) is 0 Å². The van der Waals surface area contributed by atoms with Gasteiger partial charge >= 0.3 is 11.9 Å². The Morgan fingerprint density at radius 3 is 2.48 bits per heavy atom. The largest absolute Gasteiger partial charge is 0.416 e. The molecule has 3 aromatic rings. The molecule has 0 radical (unpaired) electrons. The number of nitrogens with one attached hydrogen (secondary N) is 4. The van der Waals surface area contributed by atoms with Crippen molar-refractivity contribution in [2.24, 2.45) is 7.05 Å². The molecule has 164 valence electrons. The quantitative estimate of drug-likeness (QED) is 0.478. The van der Waals surface area contributed by atoms with Gasteiger partial charge in [-0.25, -0.2) is 9.78 Å². The van der Waals surface area contributed by atoms with E-state index >= 15 is 0 Å². The Labute approximate surface area is 171 Å². The fraction of sp³-hybridized carbons (Fsp3) is 0.278. The van der Waals surface area contributed by atoms with Gasteiger partial charge in [-0.3, -0.25) is 23.9 Å². The Bertz CT molecular complexity index is 1290. The number of aromatic nitrogens is 4. The molecule has 0 unspecified atom stereocenters. The van der Waals surface area contributed by atoms with Gasteiger partial charge in [-0.05, 0) is 18.2 Å². The summed E-state index contributed by atoms with van der Waals surface area (Å²) in [5.74, 6) is -0.925. The van der Waals surface area contributed by atoms with Crippen LogP contribution in [0, 0.1) is 0 Å². The van der Waals surface area contributed by atoms with Crippen molar-refractivity contribution in [2.45, 2.75) is 25.9 Å². The first-order valence-corrected chi connectivity index (χ1v) is 8.92. The summed E-state index contributed by atoms with van der Waals surface area (Å²) < 4.78 is 40.1. The van der Waals surface area contributed by atoms with Crippen LogP contribution in [0.1, 0.15) is 24.7 Å². The molecule has 0 saturated carbocycles. The summed E-state index contributed by atoms with van der Waals surface area (Å²) in [5, 5.41) is 4.70. The van der Waals surface area contributed by atoms with Crippen LogP contribution in [-0.4, -0.2) is 31.3 Å². The summed E-state index contributed by atoms with van der Waals surface area (Å²) in [4.78, 5) is 56.0. The molecule has 3 rings (SSSR count). The smallest absolute Gasteiger partial charge is 0.336 e. The van der Waals surface area contributed by atoms with Crippen LogP contribution in [0.15, 0.2) is 27.8 Å². The maximum Gasteiger partial charge on any atom is 0.416 e. The molecule has 31 heavy (non-hydrogen) atoms. The van der Waals surface area contributed by atoms with Gasteiger partial charge in [0.05, 0.1) is 16.9 Å². The number of carbonyl (C=O) groups excluding carboxylic acids is 2. The highest BCUT2D eigenvalue weighted by Gasteiger charge is 2.31. The first kappa shape index (κ1) is 21.8. The highest BCUT2D eigenvalue weighted by Crippen LogP contribution is 2.34. The van der Waals surface area contributed by atoms with Gasteiger partial charge in [-0.1, -0.05) is 0 Å². The number of halogens is 3. The van der Waals surface area contributed by atoms with E-state index in [-0.39, 0.29) is 41.2 Å². The molecule has 2 amide bonds. The topological polar surface area (TPSA) is 142 Å². The van der Waals surface area contributed by atoms with Crippen LogP contribution >= 0.6 is 0 Å². The third-order valence-electron chi connectivity index (χ3n) is 4.32. The molecule has 0 fully saturated rings. The number of hydrogen-bond donors (Lipinski definition) is 4. The Hall–Kier alpha value is -3.90. The number of carbonyl (C=O) groups is 2. The molecule has 0 atom stereocenters. The van der Waals surface area contributed by atoms with Gasteiger partial charge in [0.15, 0.2) is 5.65 Å². The Morgan fingerprint density at radius 2 is 1.84 bits per heavy atom. The summed E-state index contributed by atoms with van der Waals surface area (Å²) in [5.41, 5.74) is -2.33. The maximum atomic E-state index is 13.0. The van der Waals surface area contributed by atoms with Crippen LogP contribution in [0.25, 0.3) is 11.2 Å². The fourth-order valence-electron chi connectivity index (χ4n) is 2.84. The molecule has 10 nitrogen and oxygen atoms in total. The molecule has 0 bridgehead atoms. The molecule has 2 aromatic heterocycles. The van der Waals surface area contributed by atoms with E-state index in [2.05, 4.69) is 25.6 Å². The standard InChI is InChI=1S/C18H17F3N6O4/c1-8(28)22-10-4-3-9(18(19,20)21)7-11(10)23-13(29)6-5-12-24-14-15(25-12)27(2)17(31)26-16(14)30/h3-4,7H,5-6H2,1-2H3,(H,22,28)(H,23,29)(H,24,25)(H,26,30,31). The molecule has 1 aromatic carbocycles. The minimum Gasteiger partial charge on any atom is -0.336 e. The first-order valence-electron chi connectivity index (χ1n) is 8.92. The predicted molar refractivity (Wildman–Crippen MR) is 105 cm³/mol. The second-order valence-electron chi connectivity index (χ2n) is 6.69. The Balaban J connectivity index is 1.79. The Kier molecular flexibility index (Phi) is 5.69. The molecule has 0 spiro atoms. The van der Waals surface area contributed by atoms with Crippen LogP contribution in [0.3, 0.4) is 0 Å². The lowest BCUT2D eigenvalue weighted by Crippen LogP contribution is -2.28.